The van der Waals surface area contributed by atoms with Crippen molar-refractivity contribution in [2.75, 3.05) is 0 Å². The molecule has 0 radical (unpaired) electrons. The maximum atomic E-state index is 3.47. The van der Waals surface area contributed by atoms with Gasteiger partial charge in [-0.1, -0.05) is 70.6 Å². The van der Waals surface area contributed by atoms with Gasteiger partial charge in [0.1, 0.15) is 0 Å². The molecule has 234 valence electrons. The molecule has 0 bridgehead atoms. The molecule has 0 spiro atoms. The summed E-state index contributed by atoms with van der Waals surface area (Å²) in [6.07, 6.45) is 38.5. The highest BCUT2D eigenvalue weighted by Gasteiger charge is 2.61. The molecule has 10 aliphatic rings. The fourth-order valence-electron chi connectivity index (χ4n) is 16.9. The third kappa shape index (κ3) is 4.15. The molecular weight excluding hydrogens is 506 g/mol. The smallest absolute Gasteiger partial charge is 0.0164 e. The van der Waals surface area contributed by atoms with Crippen LogP contribution in [0.1, 0.15) is 154 Å². The molecule has 10 fully saturated rings. The monoisotopic (exact) mass is 572 g/mol. The zero-order valence-electron chi connectivity index (χ0n) is 27.2. The first-order valence-electron chi connectivity index (χ1n) is 20.6. The molecule has 10 rings (SSSR count). The second-order valence-corrected chi connectivity index (χ2v) is 19.1. The predicted molar refractivity (Wildman–Crippen MR) is 173 cm³/mol. The third-order valence-corrected chi connectivity index (χ3v) is 18.0. The maximum Gasteiger partial charge on any atom is 0.0164 e. The van der Waals surface area contributed by atoms with E-state index in [0.717, 1.165) is 101 Å². The van der Waals surface area contributed by atoms with Crippen molar-refractivity contribution in [1.82, 2.24) is 4.90 Å². The van der Waals surface area contributed by atoms with E-state index >= 15 is 0 Å². The second-order valence-electron chi connectivity index (χ2n) is 19.1. The van der Waals surface area contributed by atoms with E-state index in [1.807, 2.05) is 0 Å². The van der Waals surface area contributed by atoms with Crippen molar-refractivity contribution in [3.63, 3.8) is 0 Å². The van der Waals surface area contributed by atoms with Crippen LogP contribution in [0.5, 0.6) is 0 Å². The lowest BCUT2D eigenvalue weighted by Gasteiger charge is -2.50. The van der Waals surface area contributed by atoms with Gasteiger partial charge >= 0.3 is 0 Å². The molecule has 0 N–H and O–H groups in total. The Kier molecular flexibility index (Phi) is 6.95. The predicted octanol–water partition coefficient (Wildman–Crippen LogP) is 10.5. The van der Waals surface area contributed by atoms with Crippen LogP contribution in [0.15, 0.2) is 0 Å². The normalized spacial score (nSPS) is 58.7. The summed E-state index contributed by atoms with van der Waals surface area (Å²) in [4.78, 5) is 3.47. The molecule has 16 unspecified atom stereocenters. The SMILES string of the molecule is C1CCC2CC(C3CCCC4CC5CCC(N6C7CCCCC7C7CCC8C9CCCCC9CC8C76)CC5C43)CC2C1. The fraction of sp³-hybridized carbons (Fsp3) is 1.00. The summed E-state index contributed by atoms with van der Waals surface area (Å²) in [6, 6.07) is 2.98. The Bertz CT molecular complexity index is 973. The molecule has 0 aromatic rings. The standard InChI is InChI=1S/C41H65N/c1-2-9-26-21-30(20-25(26)8-1)33-14-7-11-29-22-28-16-17-31(24-37(28)40(29)33)42-39-15-6-5-13-35(39)36-19-18-34-32-12-4-3-10-27(32)23-38(34)41(36)42/h25-41H,1-24H2. The Morgan fingerprint density at radius 3 is 1.81 bits per heavy atom. The molecular formula is C41H65N. The van der Waals surface area contributed by atoms with Crippen LogP contribution in [0.4, 0.5) is 0 Å². The van der Waals surface area contributed by atoms with Gasteiger partial charge in [-0.25, -0.2) is 0 Å². The maximum absolute atomic E-state index is 3.47. The second kappa shape index (κ2) is 10.8. The molecule has 16 atom stereocenters. The van der Waals surface area contributed by atoms with Crippen molar-refractivity contribution < 1.29 is 0 Å². The van der Waals surface area contributed by atoms with E-state index in [-0.39, 0.29) is 0 Å². The van der Waals surface area contributed by atoms with Gasteiger partial charge in [0, 0.05) is 18.1 Å². The number of likely N-dealkylation sites (tertiary alicyclic amines) is 1. The number of nitrogens with zero attached hydrogens (tertiary/aromatic N) is 1. The lowest BCUT2D eigenvalue weighted by Crippen LogP contribution is -2.53. The Labute approximate surface area is 259 Å². The van der Waals surface area contributed by atoms with Gasteiger partial charge in [-0.2, -0.15) is 0 Å². The molecule has 9 aliphatic carbocycles. The highest BCUT2D eigenvalue weighted by atomic mass is 15.3. The van der Waals surface area contributed by atoms with E-state index in [1.165, 1.54) is 0 Å². The summed E-state index contributed by atoms with van der Waals surface area (Å²) < 4.78 is 0. The van der Waals surface area contributed by atoms with Crippen LogP contribution in [-0.4, -0.2) is 23.0 Å². The lowest BCUT2D eigenvalue weighted by molar-refractivity contribution is -0.0114. The summed E-state index contributed by atoms with van der Waals surface area (Å²) in [5, 5.41) is 0. The number of fused-ring (bicyclic) bond motifs is 11. The van der Waals surface area contributed by atoms with Gasteiger partial charge in [0.05, 0.1) is 0 Å². The van der Waals surface area contributed by atoms with Crippen molar-refractivity contribution >= 4 is 0 Å². The van der Waals surface area contributed by atoms with Crippen LogP contribution >= 0.6 is 0 Å². The molecule has 1 heterocycles. The van der Waals surface area contributed by atoms with E-state index in [0.29, 0.717) is 0 Å². The van der Waals surface area contributed by atoms with E-state index in [9.17, 15) is 0 Å². The van der Waals surface area contributed by atoms with E-state index in [2.05, 4.69) is 4.90 Å². The van der Waals surface area contributed by atoms with Crippen molar-refractivity contribution in [2.45, 2.75) is 172 Å². The molecule has 9 saturated carbocycles. The van der Waals surface area contributed by atoms with E-state index in [1.54, 1.807) is 154 Å². The van der Waals surface area contributed by atoms with Gasteiger partial charge in [-0.05, 0) is 166 Å². The van der Waals surface area contributed by atoms with Crippen LogP contribution in [0.2, 0.25) is 0 Å². The topological polar surface area (TPSA) is 3.24 Å². The molecule has 0 amide bonds. The number of hydrogen-bond acceptors (Lipinski definition) is 1. The minimum absolute atomic E-state index is 0.973. The summed E-state index contributed by atoms with van der Waals surface area (Å²) >= 11 is 0. The minimum Gasteiger partial charge on any atom is -0.294 e. The first-order chi connectivity index (χ1) is 20.8. The molecule has 1 heteroatoms. The van der Waals surface area contributed by atoms with Gasteiger partial charge in [0.2, 0.25) is 0 Å². The highest BCUT2D eigenvalue weighted by molar-refractivity contribution is 5.13. The largest absolute Gasteiger partial charge is 0.294 e. The highest BCUT2D eigenvalue weighted by Crippen LogP contribution is 2.64. The Balaban J connectivity index is 0.933. The first-order valence-corrected chi connectivity index (χ1v) is 20.6. The van der Waals surface area contributed by atoms with Crippen LogP contribution < -0.4 is 0 Å². The van der Waals surface area contributed by atoms with Gasteiger partial charge in [0.25, 0.3) is 0 Å². The molecule has 1 saturated heterocycles. The summed E-state index contributed by atoms with van der Waals surface area (Å²) in [7, 11) is 0. The van der Waals surface area contributed by atoms with Crippen molar-refractivity contribution in [1.29, 1.82) is 0 Å². The molecule has 1 aliphatic heterocycles. The minimum atomic E-state index is 0.973. The molecule has 0 aromatic heterocycles. The molecule has 42 heavy (non-hydrogen) atoms. The van der Waals surface area contributed by atoms with E-state index in [4.69, 9.17) is 0 Å². The summed E-state index contributed by atoms with van der Waals surface area (Å²) in [6.45, 7) is 0. The summed E-state index contributed by atoms with van der Waals surface area (Å²) in [5.74, 6) is 15.7. The number of rotatable bonds is 2. The third-order valence-electron chi connectivity index (χ3n) is 18.0. The van der Waals surface area contributed by atoms with Crippen molar-refractivity contribution in [3.05, 3.63) is 0 Å². The Morgan fingerprint density at radius 1 is 0.310 bits per heavy atom. The van der Waals surface area contributed by atoms with E-state index < -0.39 is 0 Å². The first kappa shape index (κ1) is 27.1. The van der Waals surface area contributed by atoms with Crippen molar-refractivity contribution in [3.8, 4) is 0 Å². The van der Waals surface area contributed by atoms with Gasteiger partial charge in [0.15, 0.2) is 0 Å². The van der Waals surface area contributed by atoms with Crippen molar-refractivity contribution in [2.24, 2.45) is 82.9 Å². The number of hydrogen-bond donors (Lipinski definition) is 0. The lowest BCUT2D eigenvalue weighted by atomic mass is 9.62. The van der Waals surface area contributed by atoms with Gasteiger partial charge in [-0.15, -0.1) is 0 Å². The van der Waals surface area contributed by atoms with Crippen LogP contribution in [-0.2, 0) is 0 Å². The van der Waals surface area contributed by atoms with Crippen LogP contribution in [0.3, 0.4) is 0 Å². The van der Waals surface area contributed by atoms with Gasteiger partial charge in [-0.3, -0.25) is 4.90 Å². The molecule has 0 aromatic carbocycles. The van der Waals surface area contributed by atoms with Gasteiger partial charge < -0.3 is 0 Å². The zero-order valence-corrected chi connectivity index (χ0v) is 27.2. The Hall–Kier alpha value is -0.0400. The van der Waals surface area contributed by atoms with Crippen LogP contribution in [0.25, 0.3) is 0 Å². The average Bonchev–Trinajstić information content (AvgIpc) is 3.80. The summed E-state index contributed by atoms with van der Waals surface area (Å²) in [5.41, 5.74) is 0. The zero-order chi connectivity index (χ0) is 27.4. The Morgan fingerprint density at radius 2 is 0.952 bits per heavy atom. The quantitative estimate of drug-likeness (QED) is 0.319. The average molecular weight is 572 g/mol. The molecule has 1 nitrogen and oxygen atoms in total. The fourth-order valence-corrected chi connectivity index (χ4v) is 16.9. The van der Waals surface area contributed by atoms with Crippen LogP contribution in [0, 0.1) is 82.9 Å².